The summed E-state index contributed by atoms with van der Waals surface area (Å²) >= 11 is 12.1. The van der Waals surface area contributed by atoms with Crippen LogP contribution in [-0.2, 0) is 4.79 Å². The third-order valence-electron chi connectivity index (χ3n) is 6.26. The number of piperazine rings is 2. The maximum absolute atomic E-state index is 13.3. The Morgan fingerprint density at radius 3 is 2.27 bits per heavy atom. The molecule has 0 saturated carbocycles. The first kappa shape index (κ1) is 23.0. The monoisotopic (exact) mass is 456 g/mol. The summed E-state index contributed by atoms with van der Waals surface area (Å²) < 4.78 is 0. The van der Waals surface area contributed by atoms with Crippen LogP contribution in [0.25, 0.3) is 0 Å². The Bertz CT molecular complexity index is 767. The van der Waals surface area contributed by atoms with Crippen molar-refractivity contribution in [2.24, 2.45) is 0 Å². The number of halogens is 2. The molecule has 166 valence electrons. The molecule has 2 fully saturated rings. The minimum Gasteiger partial charge on any atom is -0.465 e. The lowest BCUT2D eigenvalue weighted by Crippen LogP contribution is -2.63. The van der Waals surface area contributed by atoms with E-state index in [1.165, 1.54) is 4.90 Å². The van der Waals surface area contributed by atoms with Crippen LogP contribution < -0.4 is 4.90 Å². The first-order valence-corrected chi connectivity index (χ1v) is 11.3. The van der Waals surface area contributed by atoms with Crippen LogP contribution >= 0.6 is 23.2 Å². The van der Waals surface area contributed by atoms with Gasteiger partial charge in [-0.25, -0.2) is 4.79 Å². The highest BCUT2D eigenvalue weighted by Gasteiger charge is 2.39. The zero-order valence-electron chi connectivity index (χ0n) is 17.6. The van der Waals surface area contributed by atoms with E-state index < -0.39 is 12.1 Å². The SMILES string of the molecule is CCC(CC)N1CCN(C(=O)O)[C@@H](C(=O)N2CCN(c3ccc(Cl)c(Cl)c3)CC2)C1. The van der Waals surface area contributed by atoms with Gasteiger partial charge in [-0.1, -0.05) is 37.0 Å². The molecule has 0 spiro atoms. The molecule has 7 nitrogen and oxygen atoms in total. The highest BCUT2D eigenvalue weighted by atomic mass is 35.5. The number of hydrogen-bond acceptors (Lipinski definition) is 4. The highest BCUT2D eigenvalue weighted by molar-refractivity contribution is 6.42. The van der Waals surface area contributed by atoms with Crippen LogP contribution in [0, 0.1) is 0 Å². The van der Waals surface area contributed by atoms with Gasteiger partial charge in [0.1, 0.15) is 6.04 Å². The van der Waals surface area contributed by atoms with E-state index in [4.69, 9.17) is 23.2 Å². The largest absolute Gasteiger partial charge is 0.465 e. The molecular formula is C21H30Cl2N4O3. The Labute approximate surface area is 188 Å². The molecule has 1 aromatic carbocycles. The molecule has 2 aliphatic rings. The van der Waals surface area contributed by atoms with Crippen molar-refractivity contribution >= 4 is 40.9 Å². The van der Waals surface area contributed by atoms with Gasteiger partial charge < -0.3 is 14.9 Å². The number of benzene rings is 1. The first-order chi connectivity index (χ1) is 14.3. The van der Waals surface area contributed by atoms with Crippen molar-refractivity contribution in [2.75, 3.05) is 50.7 Å². The average molecular weight is 457 g/mol. The number of carbonyl (C=O) groups excluding carboxylic acids is 1. The van der Waals surface area contributed by atoms with Gasteiger partial charge in [0.15, 0.2) is 0 Å². The molecule has 0 unspecified atom stereocenters. The second kappa shape index (κ2) is 10.1. The molecule has 1 N–H and O–H groups in total. The molecule has 9 heteroatoms. The van der Waals surface area contributed by atoms with Crippen LogP contribution in [0.1, 0.15) is 26.7 Å². The molecule has 2 amide bonds. The second-order valence-electron chi connectivity index (χ2n) is 7.87. The average Bonchev–Trinajstić information content (AvgIpc) is 2.76. The summed E-state index contributed by atoms with van der Waals surface area (Å²) in [6, 6.07) is 5.26. The van der Waals surface area contributed by atoms with Crippen molar-refractivity contribution in [3.63, 3.8) is 0 Å². The fourth-order valence-electron chi connectivity index (χ4n) is 4.46. The topological polar surface area (TPSA) is 67.3 Å². The normalized spacial score (nSPS) is 20.7. The number of carbonyl (C=O) groups is 2. The third-order valence-corrected chi connectivity index (χ3v) is 7.00. The minimum atomic E-state index is -1.02. The molecular weight excluding hydrogens is 427 g/mol. The molecule has 1 atom stereocenters. The number of nitrogens with zero attached hydrogens (tertiary/aromatic N) is 4. The van der Waals surface area contributed by atoms with E-state index in [-0.39, 0.29) is 5.91 Å². The predicted molar refractivity (Wildman–Crippen MR) is 120 cm³/mol. The Morgan fingerprint density at radius 1 is 1.03 bits per heavy atom. The molecule has 1 aromatic rings. The van der Waals surface area contributed by atoms with Crippen LogP contribution in [0.4, 0.5) is 10.5 Å². The fraction of sp³-hybridized carbons (Fsp3) is 0.619. The molecule has 0 aromatic heterocycles. The van der Waals surface area contributed by atoms with Crippen LogP contribution in [0.15, 0.2) is 18.2 Å². The molecule has 2 aliphatic heterocycles. The Balaban J connectivity index is 1.66. The number of carboxylic acid groups (broad SMARTS) is 1. The zero-order chi connectivity index (χ0) is 21.8. The summed E-state index contributed by atoms with van der Waals surface area (Å²) in [6.45, 7) is 8.21. The van der Waals surface area contributed by atoms with Crippen LogP contribution in [0.2, 0.25) is 10.0 Å². The van der Waals surface area contributed by atoms with Gasteiger partial charge in [0.05, 0.1) is 10.0 Å². The van der Waals surface area contributed by atoms with Crippen molar-refractivity contribution in [1.29, 1.82) is 0 Å². The summed E-state index contributed by atoms with van der Waals surface area (Å²) in [5.41, 5.74) is 0.973. The van der Waals surface area contributed by atoms with Crippen LogP contribution in [0.5, 0.6) is 0 Å². The predicted octanol–water partition coefficient (Wildman–Crippen LogP) is 3.49. The molecule has 0 aliphatic carbocycles. The Kier molecular flexibility index (Phi) is 7.71. The van der Waals surface area contributed by atoms with Gasteiger partial charge in [-0.2, -0.15) is 0 Å². The molecule has 3 rings (SSSR count). The lowest BCUT2D eigenvalue weighted by Gasteiger charge is -2.45. The van der Waals surface area contributed by atoms with E-state index in [1.54, 1.807) is 11.0 Å². The van der Waals surface area contributed by atoms with Gasteiger partial charge in [-0.3, -0.25) is 14.6 Å². The van der Waals surface area contributed by atoms with E-state index in [1.807, 2.05) is 12.1 Å². The van der Waals surface area contributed by atoms with Gasteiger partial charge in [0, 0.05) is 57.5 Å². The second-order valence-corrected chi connectivity index (χ2v) is 8.68. The maximum Gasteiger partial charge on any atom is 0.408 e. The van der Waals surface area contributed by atoms with E-state index in [2.05, 4.69) is 23.6 Å². The van der Waals surface area contributed by atoms with Crippen molar-refractivity contribution in [3.8, 4) is 0 Å². The molecule has 2 heterocycles. The molecule has 0 radical (unpaired) electrons. The van der Waals surface area contributed by atoms with Gasteiger partial charge in [0.2, 0.25) is 5.91 Å². The number of amides is 2. The van der Waals surface area contributed by atoms with Crippen LogP contribution in [0.3, 0.4) is 0 Å². The number of anilines is 1. The smallest absolute Gasteiger partial charge is 0.408 e. The standard InChI is InChI=1S/C21H30Cl2N4O3/c1-3-15(4-2)26-11-12-27(21(29)30)19(14-26)20(28)25-9-7-24(8-10-25)16-5-6-17(22)18(23)13-16/h5-6,13,15,19H,3-4,7-12,14H2,1-2H3,(H,29,30)/t19-/m1/s1. The van der Waals surface area contributed by atoms with Crippen molar-refractivity contribution in [3.05, 3.63) is 28.2 Å². The lowest BCUT2D eigenvalue weighted by atomic mass is 10.0. The van der Waals surface area contributed by atoms with E-state index in [0.29, 0.717) is 61.9 Å². The highest BCUT2D eigenvalue weighted by Crippen LogP contribution is 2.28. The van der Waals surface area contributed by atoms with Crippen molar-refractivity contribution in [2.45, 2.75) is 38.8 Å². The summed E-state index contributed by atoms with van der Waals surface area (Å²) in [4.78, 5) is 32.6. The van der Waals surface area contributed by atoms with E-state index in [9.17, 15) is 14.7 Å². The van der Waals surface area contributed by atoms with Gasteiger partial charge in [-0.05, 0) is 31.0 Å². The van der Waals surface area contributed by atoms with Crippen molar-refractivity contribution < 1.29 is 14.7 Å². The number of hydrogen-bond donors (Lipinski definition) is 1. The third kappa shape index (κ3) is 4.95. The van der Waals surface area contributed by atoms with Gasteiger partial charge in [0.25, 0.3) is 0 Å². The number of rotatable bonds is 5. The van der Waals surface area contributed by atoms with E-state index >= 15 is 0 Å². The Morgan fingerprint density at radius 2 is 1.70 bits per heavy atom. The van der Waals surface area contributed by atoms with Gasteiger partial charge >= 0.3 is 6.09 Å². The summed E-state index contributed by atoms with van der Waals surface area (Å²) in [5.74, 6) is -0.0955. The molecule has 30 heavy (non-hydrogen) atoms. The van der Waals surface area contributed by atoms with Crippen LogP contribution in [-0.4, -0.2) is 89.7 Å². The van der Waals surface area contributed by atoms with Crippen molar-refractivity contribution in [1.82, 2.24) is 14.7 Å². The summed E-state index contributed by atoms with van der Waals surface area (Å²) in [7, 11) is 0. The maximum atomic E-state index is 13.3. The summed E-state index contributed by atoms with van der Waals surface area (Å²) in [5, 5.41) is 10.7. The summed E-state index contributed by atoms with van der Waals surface area (Å²) in [6.07, 6.45) is 0.964. The fourth-order valence-corrected chi connectivity index (χ4v) is 4.75. The Hall–Kier alpha value is -1.70. The first-order valence-electron chi connectivity index (χ1n) is 10.6. The quantitative estimate of drug-likeness (QED) is 0.733. The molecule has 0 bridgehead atoms. The van der Waals surface area contributed by atoms with E-state index in [0.717, 1.165) is 18.5 Å². The minimum absolute atomic E-state index is 0.0955. The lowest BCUT2D eigenvalue weighted by molar-refractivity contribution is -0.139. The van der Waals surface area contributed by atoms with Gasteiger partial charge in [-0.15, -0.1) is 0 Å². The zero-order valence-corrected chi connectivity index (χ0v) is 19.1. The molecule has 2 saturated heterocycles.